The van der Waals surface area contributed by atoms with E-state index < -0.39 is 0 Å². The molecule has 1 aromatic carbocycles. The number of rotatable bonds is 7. The van der Waals surface area contributed by atoms with E-state index >= 15 is 0 Å². The maximum atomic E-state index is 5.55. The van der Waals surface area contributed by atoms with E-state index in [4.69, 9.17) is 9.73 Å². The van der Waals surface area contributed by atoms with Crippen LogP contribution in [0.1, 0.15) is 44.6 Å². The van der Waals surface area contributed by atoms with Crippen molar-refractivity contribution in [3.63, 3.8) is 0 Å². The molecule has 152 valence electrons. The lowest BCUT2D eigenvalue weighted by Gasteiger charge is -2.43. The number of nitrogens with zero attached hydrogens (tertiary/aromatic N) is 1. The van der Waals surface area contributed by atoms with E-state index in [2.05, 4.69) is 54.1 Å². The zero-order valence-corrected chi connectivity index (χ0v) is 19.8. The van der Waals surface area contributed by atoms with E-state index in [1.54, 1.807) is 0 Å². The van der Waals surface area contributed by atoms with Gasteiger partial charge in [0.05, 0.1) is 6.54 Å². The molecule has 1 aliphatic heterocycles. The molecule has 1 saturated carbocycles. The minimum atomic E-state index is 0. The molecule has 0 bridgehead atoms. The summed E-state index contributed by atoms with van der Waals surface area (Å²) in [6, 6.07) is 11.0. The third-order valence-electron chi connectivity index (χ3n) is 6.00. The number of thioether (sulfide) groups is 1. The van der Waals surface area contributed by atoms with Crippen LogP contribution < -0.4 is 10.6 Å². The largest absolute Gasteiger partial charge is 0.381 e. The van der Waals surface area contributed by atoms with Gasteiger partial charge in [0.15, 0.2) is 5.96 Å². The predicted octanol–water partition coefficient (Wildman–Crippen LogP) is 4.19. The molecule has 27 heavy (non-hydrogen) atoms. The molecule has 1 aliphatic carbocycles. The first-order valence-electron chi connectivity index (χ1n) is 9.93. The van der Waals surface area contributed by atoms with Crippen LogP contribution in [-0.2, 0) is 10.2 Å². The van der Waals surface area contributed by atoms with Crippen LogP contribution in [-0.4, -0.2) is 49.8 Å². The minimum Gasteiger partial charge on any atom is -0.381 e. The highest BCUT2D eigenvalue weighted by Gasteiger charge is 2.38. The van der Waals surface area contributed by atoms with Crippen molar-refractivity contribution in [1.29, 1.82) is 0 Å². The average molecular weight is 503 g/mol. The zero-order chi connectivity index (χ0) is 18.3. The Morgan fingerprint density at radius 2 is 1.81 bits per heavy atom. The summed E-state index contributed by atoms with van der Waals surface area (Å²) in [4.78, 5) is 4.95. The molecule has 2 fully saturated rings. The summed E-state index contributed by atoms with van der Waals surface area (Å²) in [7, 11) is 0. The van der Waals surface area contributed by atoms with E-state index in [1.165, 1.54) is 24.8 Å². The van der Waals surface area contributed by atoms with Gasteiger partial charge in [0.2, 0.25) is 0 Å². The first-order chi connectivity index (χ1) is 12.7. The number of guanidine groups is 1. The Balaban J connectivity index is 0.00000261. The van der Waals surface area contributed by atoms with Gasteiger partial charge in [0.1, 0.15) is 0 Å². The van der Waals surface area contributed by atoms with Gasteiger partial charge in [-0.15, -0.1) is 24.0 Å². The molecular weight excluding hydrogens is 469 g/mol. The van der Waals surface area contributed by atoms with Crippen molar-refractivity contribution in [2.45, 2.75) is 49.2 Å². The molecule has 2 aliphatic rings. The Kier molecular flexibility index (Phi) is 9.22. The maximum absolute atomic E-state index is 5.55. The fourth-order valence-electron chi connectivity index (χ4n) is 3.95. The summed E-state index contributed by atoms with van der Waals surface area (Å²) in [6.07, 6.45) is 8.22. The normalized spacial score (nSPS) is 20.9. The number of nitrogens with one attached hydrogen (secondary N) is 2. The molecule has 3 rings (SSSR count). The lowest BCUT2D eigenvalue weighted by molar-refractivity contribution is 0.0794. The third kappa shape index (κ3) is 5.76. The number of benzene rings is 1. The Morgan fingerprint density at radius 3 is 2.37 bits per heavy atom. The van der Waals surface area contributed by atoms with Crippen LogP contribution in [0.2, 0.25) is 0 Å². The highest BCUT2D eigenvalue weighted by molar-refractivity contribution is 14.0. The SMILES string of the molecule is CCNC(=NCC1(SC)CCOCC1)NCC1(c2ccccc2)CCC1.I. The summed E-state index contributed by atoms with van der Waals surface area (Å²) in [6.45, 7) is 6.55. The van der Waals surface area contributed by atoms with Crippen molar-refractivity contribution >= 4 is 41.7 Å². The number of hydrogen-bond donors (Lipinski definition) is 2. The lowest BCUT2D eigenvalue weighted by Crippen LogP contribution is -2.49. The number of ether oxygens (including phenoxy) is 1. The van der Waals surface area contributed by atoms with Gasteiger partial charge >= 0.3 is 0 Å². The van der Waals surface area contributed by atoms with Crippen LogP contribution >= 0.6 is 35.7 Å². The summed E-state index contributed by atoms with van der Waals surface area (Å²) in [5.41, 5.74) is 1.73. The summed E-state index contributed by atoms with van der Waals surface area (Å²) in [5, 5.41) is 7.08. The van der Waals surface area contributed by atoms with Gasteiger partial charge in [0.25, 0.3) is 0 Å². The molecule has 0 aromatic heterocycles. The Hall–Kier alpha value is -0.470. The second-order valence-electron chi connectivity index (χ2n) is 7.55. The molecule has 6 heteroatoms. The number of hydrogen-bond acceptors (Lipinski definition) is 3. The van der Waals surface area contributed by atoms with Gasteiger partial charge in [0, 0.05) is 36.5 Å². The fraction of sp³-hybridized carbons (Fsp3) is 0.667. The first-order valence-corrected chi connectivity index (χ1v) is 11.2. The average Bonchev–Trinajstić information content (AvgIpc) is 2.67. The fourth-order valence-corrected chi connectivity index (χ4v) is 4.72. The highest BCUT2D eigenvalue weighted by Crippen LogP contribution is 2.43. The van der Waals surface area contributed by atoms with Crippen LogP contribution in [0.4, 0.5) is 0 Å². The molecule has 2 N–H and O–H groups in total. The van der Waals surface area contributed by atoms with Crippen molar-refractivity contribution in [2.24, 2.45) is 4.99 Å². The van der Waals surface area contributed by atoms with Crippen molar-refractivity contribution in [3.8, 4) is 0 Å². The van der Waals surface area contributed by atoms with Crippen molar-refractivity contribution < 1.29 is 4.74 Å². The van der Waals surface area contributed by atoms with E-state index in [0.29, 0.717) is 0 Å². The molecule has 4 nitrogen and oxygen atoms in total. The molecule has 0 spiro atoms. The maximum Gasteiger partial charge on any atom is 0.191 e. The second kappa shape index (κ2) is 10.9. The van der Waals surface area contributed by atoms with Crippen LogP contribution in [0.15, 0.2) is 35.3 Å². The monoisotopic (exact) mass is 503 g/mol. The van der Waals surface area contributed by atoms with E-state index in [0.717, 1.165) is 51.6 Å². The molecule has 0 amide bonds. The molecule has 0 unspecified atom stereocenters. The quantitative estimate of drug-likeness (QED) is 0.333. The molecule has 1 saturated heterocycles. The summed E-state index contributed by atoms with van der Waals surface area (Å²) >= 11 is 1.95. The summed E-state index contributed by atoms with van der Waals surface area (Å²) < 4.78 is 5.78. The van der Waals surface area contributed by atoms with Crippen LogP contribution in [0.3, 0.4) is 0 Å². The van der Waals surface area contributed by atoms with Gasteiger partial charge in [-0.2, -0.15) is 11.8 Å². The van der Waals surface area contributed by atoms with Gasteiger partial charge in [-0.25, -0.2) is 0 Å². The minimum absolute atomic E-state index is 0. The zero-order valence-electron chi connectivity index (χ0n) is 16.6. The molecule has 1 aromatic rings. The van der Waals surface area contributed by atoms with Crippen molar-refractivity contribution in [1.82, 2.24) is 10.6 Å². The Bertz CT molecular complexity index is 586. The lowest BCUT2D eigenvalue weighted by atomic mass is 9.64. The van der Waals surface area contributed by atoms with E-state index in [9.17, 15) is 0 Å². The first kappa shape index (κ1) is 22.8. The molecule has 1 heterocycles. The number of aliphatic imine (C=N–C) groups is 1. The van der Waals surface area contributed by atoms with Gasteiger partial charge in [-0.3, -0.25) is 4.99 Å². The van der Waals surface area contributed by atoms with Crippen LogP contribution in [0, 0.1) is 0 Å². The van der Waals surface area contributed by atoms with Gasteiger partial charge in [-0.1, -0.05) is 36.8 Å². The van der Waals surface area contributed by atoms with E-state index in [-0.39, 0.29) is 34.1 Å². The van der Waals surface area contributed by atoms with Crippen LogP contribution in [0.25, 0.3) is 0 Å². The van der Waals surface area contributed by atoms with Gasteiger partial charge in [-0.05, 0) is 44.4 Å². The van der Waals surface area contributed by atoms with Crippen molar-refractivity contribution in [3.05, 3.63) is 35.9 Å². The van der Waals surface area contributed by atoms with E-state index in [1.807, 2.05) is 11.8 Å². The Labute approximate surface area is 185 Å². The second-order valence-corrected chi connectivity index (χ2v) is 8.82. The Morgan fingerprint density at radius 1 is 1.11 bits per heavy atom. The van der Waals surface area contributed by atoms with Gasteiger partial charge < -0.3 is 15.4 Å². The number of halogens is 1. The summed E-state index contributed by atoms with van der Waals surface area (Å²) in [5.74, 6) is 0.953. The topological polar surface area (TPSA) is 45.7 Å². The third-order valence-corrected chi connectivity index (χ3v) is 7.40. The predicted molar refractivity (Wildman–Crippen MR) is 128 cm³/mol. The smallest absolute Gasteiger partial charge is 0.191 e. The molecule has 0 atom stereocenters. The van der Waals surface area contributed by atoms with Crippen molar-refractivity contribution in [2.75, 3.05) is 39.1 Å². The molecule has 0 radical (unpaired) electrons. The molecular formula is C21H34IN3OS. The standard InChI is InChI=1S/C21H33N3OS.HI/c1-3-22-19(24-17-21(26-2)12-14-25-15-13-21)23-16-20(10-7-11-20)18-8-5-4-6-9-18;/h4-6,8-9H,3,7,10-17H2,1-2H3,(H2,22,23,24);1H. The van der Waals surface area contributed by atoms with Crippen LogP contribution in [0.5, 0.6) is 0 Å². The highest BCUT2D eigenvalue weighted by atomic mass is 127.